The highest BCUT2D eigenvalue weighted by atomic mass is 35.5. The van der Waals surface area contributed by atoms with E-state index in [9.17, 15) is 9.90 Å². The largest absolute Gasteiger partial charge is 0.386 e. The molecule has 0 saturated carbocycles. The highest BCUT2D eigenvalue weighted by Crippen LogP contribution is 2.23. The van der Waals surface area contributed by atoms with Crippen LogP contribution in [0.3, 0.4) is 0 Å². The van der Waals surface area contributed by atoms with Gasteiger partial charge in [-0.2, -0.15) is 0 Å². The second kappa shape index (κ2) is 11.5. The number of benzene rings is 2. The van der Waals surface area contributed by atoms with Gasteiger partial charge in [0.05, 0.1) is 12.6 Å². The normalized spacial score (nSPS) is 12.4. The van der Waals surface area contributed by atoms with Crippen LogP contribution in [-0.4, -0.2) is 43.2 Å². The summed E-state index contributed by atoms with van der Waals surface area (Å²) in [5.41, 5.74) is 1.22. The summed E-state index contributed by atoms with van der Waals surface area (Å²) < 4.78 is 0. The van der Waals surface area contributed by atoms with Crippen LogP contribution in [0.2, 0.25) is 10.0 Å². The van der Waals surface area contributed by atoms with Crippen LogP contribution in [0.25, 0.3) is 0 Å². The van der Waals surface area contributed by atoms with Crippen molar-refractivity contribution in [3.63, 3.8) is 0 Å². The lowest BCUT2D eigenvalue weighted by Crippen LogP contribution is -2.41. The minimum absolute atomic E-state index is 0.127. The van der Waals surface area contributed by atoms with Gasteiger partial charge in [0.1, 0.15) is 0 Å². The van der Waals surface area contributed by atoms with Gasteiger partial charge in [0.2, 0.25) is 0 Å². The van der Waals surface area contributed by atoms with Crippen molar-refractivity contribution >= 4 is 35.1 Å². The quantitative estimate of drug-likeness (QED) is 0.299. The number of rotatable bonds is 8. The van der Waals surface area contributed by atoms with Crippen molar-refractivity contribution in [1.82, 2.24) is 16.0 Å². The topological polar surface area (TPSA) is 85.8 Å². The lowest BCUT2D eigenvalue weighted by molar-refractivity contribution is 0.0954. The number of halogens is 2. The number of aliphatic hydroxyl groups excluding tert-OH is 1. The van der Waals surface area contributed by atoms with Gasteiger partial charge >= 0.3 is 0 Å². The molecule has 2 aromatic carbocycles. The van der Waals surface area contributed by atoms with E-state index >= 15 is 0 Å². The summed E-state index contributed by atoms with van der Waals surface area (Å²) in [6.45, 7) is 3.68. The summed E-state index contributed by atoms with van der Waals surface area (Å²) in [6.07, 6.45) is -0.829. The third kappa shape index (κ3) is 7.38. The molecular weight excluding hydrogens is 399 g/mol. The van der Waals surface area contributed by atoms with Crippen LogP contribution >= 0.6 is 23.2 Å². The Bertz CT molecular complexity index is 780. The fraction of sp³-hybridized carbons (Fsp3) is 0.300. The van der Waals surface area contributed by atoms with Crippen LogP contribution in [0.5, 0.6) is 0 Å². The Labute approximate surface area is 175 Å². The van der Waals surface area contributed by atoms with E-state index in [1.807, 2.05) is 25.1 Å². The molecule has 1 unspecified atom stereocenters. The van der Waals surface area contributed by atoms with Gasteiger partial charge in [-0.15, -0.1) is 0 Å². The molecule has 0 bridgehead atoms. The summed E-state index contributed by atoms with van der Waals surface area (Å²) in [7, 11) is 0. The van der Waals surface area contributed by atoms with Crippen LogP contribution in [0.4, 0.5) is 0 Å². The molecule has 1 amide bonds. The number of aliphatic imine (C=N–C) groups is 1. The van der Waals surface area contributed by atoms with E-state index in [0.29, 0.717) is 46.8 Å². The van der Waals surface area contributed by atoms with Gasteiger partial charge in [-0.1, -0.05) is 41.4 Å². The van der Waals surface area contributed by atoms with Crippen LogP contribution < -0.4 is 16.0 Å². The highest BCUT2D eigenvalue weighted by Gasteiger charge is 2.10. The SMILES string of the molecule is CCNC(=NCC(O)c1cc(Cl)cc(Cl)c1)NCCNC(=O)c1ccccc1. The average molecular weight is 423 g/mol. The van der Waals surface area contributed by atoms with Crippen LogP contribution in [0, 0.1) is 0 Å². The van der Waals surface area contributed by atoms with Crippen LogP contribution in [-0.2, 0) is 0 Å². The first-order valence-electron chi connectivity index (χ1n) is 8.99. The van der Waals surface area contributed by atoms with Gasteiger partial charge in [-0.3, -0.25) is 9.79 Å². The van der Waals surface area contributed by atoms with Crippen molar-refractivity contribution in [3.8, 4) is 0 Å². The van der Waals surface area contributed by atoms with E-state index in [0.717, 1.165) is 0 Å². The van der Waals surface area contributed by atoms with Crippen molar-refractivity contribution in [2.45, 2.75) is 13.0 Å². The van der Waals surface area contributed by atoms with E-state index in [4.69, 9.17) is 23.2 Å². The first-order chi connectivity index (χ1) is 13.5. The Hall–Kier alpha value is -2.28. The third-order valence-electron chi connectivity index (χ3n) is 3.78. The Balaban J connectivity index is 1.83. The number of hydrogen-bond acceptors (Lipinski definition) is 3. The molecule has 0 spiro atoms. The summed E-state index contributed by atoms with van der Waals surface area (Å²) in [6, 6.07) is 14.0. The number of carbonyl (C=O) groups is 1. The minimum Gasteiger partial charge on any atom is -0.386 e. The maximum absolute atomic E-state index is 12.0. The third-order valence-corrected chi connectivity index (χ3v) is 4.21. The molecule has 1 atom stereocenters. The predicted molar refractivity (Wildman–Crippen MR) is 114 cm³/mol. The fourth-order valence-electron chi connectivity index (χ4n) is 2.44. The second-order valence-electron chi connectivity index (χ2n) is 5.99. The Morgan fingerprint density at radius 3 is 2.32 bits per heavy atom. The zero-order chi connectivity index (χ0) is 20.4. The Kier molecular flexibility index (Phi) is 9.07. The molecule has 8 heteroatoms. The van der Waals surface area contributed by atoms with Crippen molar-refractivity contribution < 1.29 is 9.90 Å². The number of amides is 1. The molecule has 0 radical (unpaired) electrons. The number of carbonyl (C=O) groups excluding carboxylic acids is 1. The molecule has 28 heavy (non-hydrogen) atoms. The lowest BCUT2D eigenvalue weighted by Gasteiger charge is -2.14. The maximum Gasteiger partial charge on any atom is 0.251 e. The lowest BCUT2D eigenvalue weighted by atomic mass is 10.1. The molecule has 0 aromatic heterocycles. The van der Waals surface area contributed by atoms with Crippen molar-refractivity contribution in [3.05, 3.63) is 69.7 Å². The van der Waals surface area contributed by atoms with E-state index in [1.54, 1.807) is 30.3 Å². The number of guanidine groups is 1. The zero-order valence-corrected chi connectivity index (χ0v) is 17.1. The smallest absolute Gasteiger partial charge is 0.251 e. The molecule has 0 saturated heterocycles. The van der Waals surface area contributed by atoms with E-state index in [2.05, 4.69) is 20.9 Å². The van der Waals surface area contributed by atoms with Crippen LogP contribution in [0.1, 0.15) is 28.9 Å². The Morgan fingerprint density at radius 2 is 1.68 bits per heavy atom. The predicted octanol–water partition coefficient (Wildman–Crippen LogP) is 3.01. The fourth-order valence-corrected chi connectivity index (χ4v) is 2.98. The molecule has 0 fully saturated rings. The van der Waals surface area contributed by atoms with Crippen LogP contribution in [0.15, 0.2) is 53.5 Å². The van der Waals surface area contributed by atoms with Crippen molar-refractivity contribution in [2.24, 2.45) is 4.99 Å². The molecule has 2 rings (SSSR count). The van der Waals surface area contributed by atoms with E-state index < -0.39 is 6.10 Å². The molecular formula is C20H24Cl2N4O2. The summed E-state index contributed by atoms with van der Waals surface area (Å²) in [5, 5.41) is 20.3. The molecule has 6 nitrogen and oxygen atoms in total. The van der Waals surface area contributed by atoms with E-state index in [1.165, 1.54) is 0 Å². The first kappa shape index (κ1) is 22.0. The number of aliphatic hydroxyl groups is 1. The highest BCUT2D eigenvalue weighted by molar-refractivity contribution is 6.34. The van der Waals surface area contributed by atoms with Crippen molar-refractivity contribution in [2.75, 3.05) is 26.2 Å². The van der Waals surface area contributed by atoms with Gasteiger partial charge in [0.15, 0.2) is 5.96 Å². The molecule has 0 heterocycles. The molecule has 0 aliphatic rings. The second-order valence-corrected chi connectivity index (χ2v) is 6.86. The molecule has 150 valence electrons. The Morgan fingerprint density at radius 1 is 1.04 bits per heavy atom. The number of hydrogen-bond donors (Lipinski definition) is 4. The average Bonchev–Trinajstić information content (AvgIpc) is 2.68. The molecule has 2 aromatic rings. The van der Waals surface area contributed by atoms with Gasteiger partial charge < -0.3 is 21.1 Å². The van der Waals surface area contributed by atoms with Gasteiger partial charge in [-0.05, 0) is 42.8 Å². The number of nitrogens with one attached hydrogen (secondary N) is 3. The molecule has 4 N–H and O–H groups in total. The molecule has 0 aliphatic carbocycles. The standard InChI is InChI=1S/C20H24Cl2N4O2/c1-2-23-20(25-9-8-24-19(28)14-6-4-3-5-7-14)26-13-18(27)15-10-16(21)12-17(22)11-15/h3-7,10-12,18,27H,2,8-9,13H2,1H3,(H,24,28)(H2,23,25,26). The number of nitrogens with zero attached hydrogens (tertiary/aromatic N) is 1. The minimum atomic E-state index is -0.829. The van der Waals surface area contributed by atoms with Gasteiger partial charge in [0, 0.05) is 35.2 Å². The summed E-state index contributed by atoms with van der Waals surface area (Å²) in [4.78, 5) is 16.4. The van der Waals surface area contributed by atoms with Gasteiger partial charge in [-0.25, -0.2) is 0 Å². The molecule has 0 aliphatic heterocycles. The first-order valence-corrected chi connectivity index (χ1v) is 9.74. The maximum atomic E-state index is 12.0. The summed E-state index contributed by atoms with van der Waals surface area (Å²) >= 11 is 11.9. The van der Waals surface area contributed by atoms with Crippen molar-refractivity contribution in [1.29, 1.82) is 0 Å². The van der Waals surface area contributed by atoms with Gasteiger partial charge in [0.25, 0.3) is 5.91 Å². The van der Waals surface area contributed by atoms with E-state index in [-0.39, 0.29) is 12.5 Å². The zero-order valence-electron chi connectivity index (χ0n) is 15.6. The summed E-state index contributed by atoms with van der Waals surface area (Å²) in [5.74, 6) is 0.418. The monoisotopic (exact) mass is 422 g/mol.